The molecule has 6 nitrogen and oxygen atoms in total. The summed E-state index contributed by atoms with van der Waals surface area (Å²) in [7, 11) is 0. The Bertz CT molecular complexity index is 992. The van der Waals surface area contributed by atoms with Crippen LogP contribution in [0.25, 0.3) is 5.69 Å². The van der Waals surface area contributed by atoms with Crippen LogP contribution in [0.2, 0.25) is 0 Å². The number of rotatable bonds is 6. The van der Waals surface area contributed by atoms with E-state index in [9.17, 15) is 15.0 Å². The van der Waals surface area contributed by atoms with E-state index in [1.165, 1.54) is 10.8 Å². The van der Waals surface area contributed by atoms with E-state index in [2.05, 4.69) is 5.32 Å². The molecule has 0 unspecified atom stereocenters. The van der Waals surface area contributed by atoms with E-state index in [1.807, 2.05) is 39.0 Å². The maximum Gasteiger partial charge on any atom is 0.264 e. The number of aromatic nitrogens is 1. The predicted molar refractivity (Wildman–Crippen MR) is 109 cm³/mol. The lowest BCUT2D eigenvalue weighted by atomic mass is 10.0. The van der Waals surface area contributed by atoms with Gasteiger partial charge in [-0.15, -0.1) is 0 Å². The van der Waals surface area contributed by atoms with Gasteiger partial charge in [-0.05, 0) is 36.6 Å². The molecule has 6 heteroatoms. The molecule has 0 saturated heterocycles. The zero-order valence-electron chi connectivity index (χ0n) is 16.1. The number of para-hydroxylation sites is 1. The third-order valence-corrected chi connectivity index (χ3v) is 4.42. The predicted octanol–water partition coefficient (Wildman–Crippen LogP) is 4.66. The fraction of sp³-hybridized carbons (Fsp3) is 0.227. The van der Waals surface area contributed by atoms with Crippen LogP contribution < -0.4 is 10.1 Å². The first-order valence-corrected chi connectivity index (χ1v) is 9.19. The highest BCUT2D eigenvalue weighted by Gasteiger charge is 2.23. The van der Waals surface area contributed by atoms with Crippen LogP contribution in [0.3, 0.4) is 0 Å². The molecular weight excluding hydrogens is 356 g/mol. The van der Waals surface area contributed by atoms with Crippen LogP contribution in [-0.4, -0.2) is 27.3 Å². The van der Waals surface area contributed by atoms with Crippen molar-refractivity contribution < 1.29 is 19.7 Å². The minimum absolute atomic E-state index is 0.180. The molecule has 3 rings (SSSR count). The van der Waals surface area contributed by atoms with Crippen molar-refractivity contribution >= 4 is 11.6 Å². The van der Waals surface area contributed by atoms with E-state index < -0.39 is 5.91 Å². The molecule has 146 valence electrons. The number of benzene rings is 2. The number of nitrogens with zero attached hydrogens (tertiary/aromatic N) is 1. The highest BCUT2D eigenvalue weighted by atomic mass is 16.5. The second-order valence-corrected chi connectivity index (χ2v) is 6.71. The van der Waals surface area contributed by atoms with Gasteiger partial charge in [0.15, 0.2) is 0 Å². The van der Waals surface area contributed by atoms with Gasteiger partial charge in [0.05, 0.1) is 18.5 Å². The van der Waals surface area contributed by atoms with Gasteiger partial charge in [0.2, 0.25) is 5.88 Å². The molecule has 0 radical (unpaired) electrons. The van der Waals surface area contributed by atoms with Gasteiger partial charge in [-0.3, -0.25) is 9.36 Å². The number of amides is 1. The second kappa shape index (κ2) is 8.08. The molecule has 0 aliphatic rings. The summed E-state index contributed by atoms with van der Waals surface area (Å²) in [6.45, 7) is 6.45. The van der Waals surface area contributed by atoms with Crippen LogP contribution in [0.1, 0.15) is 42.6 Å². The van der Waals surface area contributed by atoms with Crippen LogP contribution in [0.15, 0.2) is 54.7 Å². The van der Waals surface area contributed by atoms with Crippen molar-refractivity contribution in [3.8, 4) is 23.1 Å². The number of hydrogen-bond acceptors (Lipinski definition) is 4. The van der Waals surface area contributed by atoms with Gasteiger partial charge in [-0.2, -0.15) is 0 Å². The van der Waals surface area contributed by atoms with Crippen LogP contribution >= 0.6 is 0 Å². The summed E-state index contributed by atoms with van der Waals surface area (Å²) >= 11 is 0. The average molecular weight is 380 g/mol. The zero-order valence-corrected chi connectivity index (χ0v) is 16.1. The SMILES string of the molecule is CCOc1cccc(-n2cc(O)c(C(=O)Nc3ccccc3C(C)C)c2O)c1. The molecule has 1 heterocycles. The third-order valence-electron chi connectivity index (χ3n) is 4.42. The van der Waals surface area contributed by atoms with Crippen molar-refractivity contribution in [2.45, 2.75) is 26.7 Å². The second-order valence-electron chi connectivity index (χ2n) is 6.71. The molecule has 0 atom stereocenters. The summed E-state index contributed by atoms with van der Waals surface area (Å²) in [4.78, 5) is 12.8. The zero-order chi connectivity index (χ0) is 20.3. The van der Waals surface area contributed by atoms with Crippen LogP contribution in [0, 0.1) is 0 Å². The number of nitrogens with one attached hydrogen (secondary N) is 1. The monoisotopic (exact) mass is 380 g/mol. The van der Waals surface area contributed by atoms with Crippen LogP contribution in [0.5, 0.6) is 17.4 Å². The maximum atomic E-state index is 12.8. The Morgan fingerprint density at radius 2 is 1.89 bits per heavy atom. The summed E-state index contributed by atoms with van der Waals surface area (Å²) in [5.41, 5.74) is 2.01. The van der Waals surface area contributed by atoms with Gasteiger partial charge in [0.25, 0.3) is 5.91 Å². The van der Waals surface area contributed by atoms with Crippen molar-refractivity contribution in [2.75, 3.05) is 11.9 Å². The van der Waals surface area contributed by atoms with E-state index in [0.717, 1.165) is 5.56 Å². The highest BCUT2D eigenvalue weighted by molar-refractivity contribution is 6.08. The minimum Gasteiger partial charge on any atom is -0.505 e. The smallest absolute Gasteiger partial charge is 0.264 e. The van der Waals surface area contributed by atoms with Crippen molar-refractivity contribution in [2.24, 2.45) is 0 Å². The Kier molecular flexibility index (Phi) is 5.59. The maximum absolute atomic E-state index is 12.8. The fourth-order valence-electron chi connectivity index (χ4n) is 3.09. The lowest BCUT2D eigenvalue weighted by Crippen LogP contribution is -2.13. The highest BCUT2D eigenvalue weighted by Crippen LogP contribution is 2.34. The normalized spacial score (nSPS) is 10.9. The van der Waals surface area contributed by atoms with E-state index in [1.54, 1.807) is 30.3 Å². The van der Waals surface area contributed by atoms with Crippen molar-refractivity contribution in [1.29, 1.82) is 0 Å². The first-order valence-electron chi connectivity index (χ1n) is 9.19. The third kappa shape index (κ3) is 3.81. The Balaban J connectivity index is 1.94. The molecule has 3 N–H and O–H groups in total. The molecule has 0 aliphatic heterocycles. The quantitative estimate of drug-likeness (QED) is 0.581. The summed E-state index contributed by atoms with van der Waals surface area (Å²) < 4.78 is 6.82. The minimum atomic E-state index is -0.581. The first kappa shape index (κ1) is 19.4. The molecule has 0 saturated carbocycles. The number of ether oxygens (including phenoxy) is 1. The van der Waals surface area contributed by atoms with Crippen molar-refractivity contribution in [1.82, 2.24) is 4.57 Å². The largest absolute Gasteiger partial charge is 0.505 e. The first-order chi connectivity index (χ1) is 13.4. The van der Waals surface area contributed by atoms with E-state index in [0.29, 0.717) is 23.7 Å². The van der Waals surface area contributed by atoms with Gasteiger partial charge in [-0.1, -0.05) is 38.1 Å². The Morgan fingerprint density at radius 1 is 1.14 bits per heavy atom. The molecule has 0 bridgehead atoms. The fourth-order valence-corrected chi connectivity index (χ4v) is 3.09. The lowest BCUT2D eigenvalue weighted by Gasteiger charge is -2.13. The standard InChI is InChI=1S/C22H24N2O4/c1-4-28-16-9-7-8-15(12-16)24-13-19(25)20(22(24)27)21(26)23-18-11-6-5-10-17(18)14(2)3/h5-14,25,27H,4H2,1-3H3,(H,23,26). The van der Waals surface area contributed by atoms with E-state index >= 15 is 0 Å². The van der Waals surface area contributed by atoms with Crippen LogP contribution in [0.4, 0.5) is 5.69 Å². The number of carbonyl (C=O) groups is 1. The Labute approximate surface area is 164 Å². The van der Waals surface area contributed by atoms with Gasteiger partial charge < -0.3 is 20.3 Å². The topological polar surface area (TPSA) is 83.7 Å². The Morgan fingerprint density at radius 3 is 2.61 bits per heavy atom. The molecule has 0 aliphatic carbocycles. The van der Waals surface area contributed by atoms with E-state index in [-0.39, 0.29) is 23.1 Å². The molecular formula is C22H24N2O4. The van der Waals surface area contributed by atoms with Crippen molar-refractivity contribution in [3.05, 3.63) is 65.9 Å². The number of anilines is 1. The summed E-state index contributed by atoms with van der Waals surface area (Å²) in [6.07, 6.45) is 1.31. The molecule has 1 aromatic heterocycles. The Hall–Kier alpha value is -3.41. The van der Waals surface area contributed by atoms with E-state index in [4.69, 9.17) is 4.74 Å². The number of carbonyl (C=O) groups excluding carboxylic acids is 1. The summed E-state index contributed by atoms with van der Waals surface area (Å²) in [5.74, 6) is -0.388. The lowest BCUT2D eigenvalue weighted by molar-refractivity contribution is 0.102. The van der Waals surface area contributed by atoms with Gasteiger partial charge >= 0.3 is 0 Å². The van der Waals surface area contributed by atoms with Gasteiger partial charge in [0, 0.05) is 11.8 Å². The number of hydrogen-bond donors (Lipinski definition) is 3. The average Bonchev–Trinajstić information content (AvgIpc) is 2.97. The summed E-state index contributed by atoms with van der Waals surface area (Å²) in [6, 6.07) is 14.5. The summed E-state index contributed by atoms with van der Waals surface area (Å²) in [5, 5.41) is 23.7. The molecule has 28 heavy (non-hydrogen) atoms. The van der Waals surface area contributed by atoms with Gasteiger partial charge in [0.1, 0.15) is 17.1 Å². The number of aromatic hydroxyl groups is 2. The van der Waals surface area contributed by atoms with Crippen molar-refractivity contribution in [3.63, 3.8) is 0 Å². The molecule has 1 amide bonds. The molecule has 0 fully saturated rings. The van der Waals surface area contributed by atoms with Crippen LogP contribution in [-0.2, 0) is 0 Å². The van der Waals surface area contributed by atoms with Gasteiger partial charge in [-0.25, -0.2) is 0 Å². The molecule has 2 aromatic carbocycles. The molecule has 0 spiro atoms. The molecule has 3 aromatic rings.